The average molecular weight is 451 g/mol. The number of hydrogen-bond acceptors (Lipinski definition) is 5. The third kappa shape index (κ3) is 5.10. The summed E-state index contributed by atoms with van der Waals surface area (Å²) in [6.07, 6.45) is 3.67. The van der Waals surface area contributed by atoms with Crippen LogP contribution in [-0.2, 0) is 26.0 Å². The Labute approximate surface area is 185 Å². The summed E-state index contributed by atoms with van der Waals surface area (Å²) in [4.78, 5) is 29.3. The molecule has 2 aliphatic rings. The molecule has 8 nitrogen and oxygen atoms in total. The minimum absolute atomic E-state index is 0.194. The van der Waals surface area contributed by atoms with Crippen molar-refractivity contribution in [2.45, 2.75) is 57.4 Å². The van der Waals surface area contributed by atoms with Gasteiger partial charge < -0.3 is 10.2 Å². The van der Waals surface area contributed by atoms with E-state index in [4.69, 9.17) is 0 Å². The van der Waals surface area contributed by atoms with Gasteiger partial charge in [0.15, 0.2) is 0 Å². The van der Waals surface area contributed by atoms with Crippen LogP contribution in [-0.4, -0.2) is 74.7 Å². The highest BCUT2D eigenvalue weighted by atomic mass is 32.2. The van der Waals surface area contributed by atoms with Crippen LogP contribution in [0.3, 0.4) is 0 Å². The fraction of sp³-hybridized carbons (Fsp3) is 0.636. The van der Waals surface area contributed by atoms with Gasteiger partial charge in [0.1, 0.15) is 6.04 Å². The maximum absolute atomic E-state index is 12.9. The molecular weight excluding hydrogens is 416 g/mol. The van der Waals surface area contributed by atoms with Gasteiger partial charge in [-0.1, -0.05) is 13.8 Å². The number of hydrogen-bond donors (Lipinski definition) is 1. The third-order valence-corrected chi connectivity index (χ3v) is 8.22. The Balaban J connectivity index is 1.70. The number of amides is 2. The van der Waals surface area contributed by atoms with Crippen molar-refractivity contribution in [2.24, 2.45) is 0 Å². The topological polar surface area (TPSA) is 90.0 Å². The molecule has 0 unspecified atom stereocenters. The molecule has 1 aromatic carbocycles. The summed E-state index contributed by atoms with van der Waals surface area (Å²) in [5, 5.41) is 2.96. The second-order valence-corrected chi connectivity index (χ2v) is 10.1. The van der Waals surface area contributed by atoms with Crippen molar-refractivity contribution in [2.75, 3.05) is 44.2 Å². The Morgan fingerprint density at radius 2 is 1.84 bits per heavy atom. The molecule has 172 valence electrons. The Morgan fingerprint density at radius 3 is 2.45 bits per heavy atom. The Hall–Kier alpha value is -1.97. The molecule has 0 saturated carbocycles. The zero-order valence-corrected chi connectivity index (χ0v) is 19.6. The molecular formula is C22H34N4O4S. The van der Waals surface area contributed by atoms with Crippen molar-refractivity contribution >= 4 is 27.5 Å². The van der Waals surface area contributed by atoms with Gasteiger partial charge in [0.2, 0.25) is 21.8 Å². The lowest BCUT2D eigenvalue weighted by Gasteiger charge is -2.24. The van der Waals surface area contributed by atoms with Crippen LogP contribution in [0.2, 0.25) is 0 Å². The van der Waals surface area contributed by atoms with Crippen LogP contribution in [0.25, 0.3) is 0 Å². The first-order valence-corrected chi connectivity index (χ1v) is 12.7. The van der Waals surface area contributed by atoms with Gasteiger partial charge in [0.25, 0.3) is 0 Å². The summed E-state index contributed by atoms with van der Waals surface area (Å²) in [5.74, 6) is -0.420. The second-order valence-electron chi connectivity index (χ2n) is 8.18. The van der Waals surface area contributed by atoms with Crippen molar-refractivity contribution in [3.05, 3.63) is 23.8 Å². The molecule has 3 rings (SSSR count). The fourth-order valence-corrected chi connectivity index (χ4v) is 6.05. The normalized spacial score (nSPS) is 19.1. The van der Waals surface area contributed by atoms with Crippen LogP contribution in [0.5, 0.6) is 0 Å². The molecule has 1 N–H and O–H groups in total. The molecule has 0 aliphatic carbocycles. The Morgan fingerprint density at radius 1 is 1.16 bits per heavy atom. The number of likely N-dealkylation sites (tertiary alicyclic amines) is 1. The number of nitrogens with zero attached hydrogens (tertiary/aromatic N) is 3. The maximum Gasteiger partial charge on any atom is 0.243 e. The van der Waals surface area contributed by atoms with Crippen molar-refractivity contribution in [1.82, 2.24) is 14.5 Å². The molecule has 0 aromatic heterocycles. The zero-order chi connectivity index (χ0) is 22.6. The highest BCUT2D eigenvalue weighted by Gasteiger charge is 2.37. The molecule has 2 heterocycles. The zero-order valence-electron chi connectivity index (χ0n) is 18.8. The minimum atomic E-state index is -3.60. The van der Waals surface area contributed by atoms with E-state index in [1.165, 1.54) is 35.0 Å². The lowest BCUT2D eigenvalue weighted by Crippen LogP contribution is -2.47. The van der Waals surface area contributed by atoms with Gasteiger partial charge in [-0.3, -0.25) is 14.5 Å². The molecule has 1 atom stereocenters. The van der Waals surface area contributed by atoms with Crippen LogP contribution < -0.4 is 10.2 Å². The molecule has 0 spiro atoms. The van der Waals surface area contributed by atoms with E-state index in [1.54, 1.807) is 26.0 Å². The predicted molar refractivity (Wildman–Crippen MR) is 121 cm³/mol. The Kier molecular flexibility index (Phi) is 7.72. The maximum atomic E-state index is 12.9. The molecule has 9 heteroatoms. The number of carbonyl (C=O) groups is 2. The van der Waals surface area contributed by atoms with E-state index >= 15 is 0 Å². The van der Waals surface area contributed by atoms with Crippen molar-refractivity contribution in [3.63, 3.8) is 0 Å². The lowest BCUT2D eigenvalue weighted by atomic mass is 10.1. The predicted octanol–water partition coefficient (Wildman–Crippen LogP) is 1.60. The van der Waals surface area contributed by atoms with E-state index in [9.17, 15) is 18.0 Å². The van der Waals surface area contributed by atoms with Crippen LogP contribution in [0.15, 0.2) is 23.1 Å². The van der Waals surface area contributed by atoms with Gasteiger partial charge in [0, 0.05) is 38.7 Å². The van der Waals surface area contributed by atoms with Gasteiger partial charge in [-0.2, -0.15) is 4.31 Å². The van der Waals surface area contributed by atoms with Gasteiger partial charge in [-0.05, 0) is 62.7 Å². The number of benzene rings is 1. The first-order chi connectivity index (χ1) is 14.8. The SMILES string of the molecule is CCN(CC)S(=O)(=O)c1ccc2c(c1)C[C@H](C(=O)NCCCN1CCCC1)N2C(C)=O. The first-order valence-electron chi connectivity index (χ1n) is 11.2. The molecule has 1 saturated heterocycles. The first kappa shape index (κ1) is 23.7. The van der Waals surface area contributed by atoms with Gasteiger partial charge >= 0.3 is 0 Å². The molecule has 2 aliphatic heterocycles. The van der Waals surface area contributed by atoms with E-state index in [0.29, 0.717) is 37.3 Å². The monoisotopic (exact) mass is 450 g/mol. The highest BCUT2D eigenvalue weighted by Crippen LogP contribution is 2.34. The summed E-state index contributed by atoms with van der Waals surface area (Å²) in [7, 11) is -3.60. The summed E-state index contributed by atoms with van der Waals surface area (Å²) in [5.41, 5.74) is 1.32. The van der Waals surface area contributed by atoms with Crippen LogP contribution in [0.1, 0.15) is 45.6 Å². The molecule has 1 aromatic rings. The van der Waals surface area contributed by atoms with E-state index in [-0.39, 0.29) is 16.7 Å². The molecule has 0 radical (unpaired) electrons. The fourth-order valence-electron chi connectivity index (χ4n) is 4.54. The minimum Gasteiger partial charge on any atom is -0.354 e. The molecule has 2 amide bonds. The van der Waals surface area contributed by atoms with E-state index < -0.39 is 16.1 Å². The number of nitrogens with one attached hydrogen (secondary N) is 1. The van der Waals surface area contributed by atoms with E-state index in [2.05, 4.69) is 10.2 Å². The summed E-state index contributed by atoms with van der Waals surface area (Å²) in [6.45, 7) is 9.60. The highest BCUT2D eigenvalue weighted by molar-refractivity contribution is 7.89. The molecule has 31 heavy (non-hydrogen) atoms. The number of sulfonamides is 1. The standard InChI is InChI=1S/C22H34N4O4S/c1-4-25(5-2)31(29,30)19-9-10-20-18(15-19)16-21(26(20)17(3)27)22(28)23-11-8-14-24-12-6-7-13-24/h9-10,15,21H,4-8,11-14,16H2,1-3H3,(H,23,28)/t21-/m1/s1. The average Bonchev–Trinajstić information content (AvgIpc) is 3.38. The third-order valence-electron chi connectivity index (χ3n) is 6.17. The largest absolute Gasteiger partial charge is 0.354 e. The summed E-state index contributed by atoms with van der Waals surface area (Å²) >= 11 is 0. The molecule has 1 fully saturated rings. The van der Waals surface area contributed by atoms with Gasteiger partial charge in [0.05, 0.1) is 4.90 Å². The number of anilines is 1. The number of rotatable bonds is 9. The van der Waals surface area contributed by atoms with Crippen molar-refractivity contribution < 1.29 is 18.0 Å². The van der Waals surface area contributed by atoms with Gasteiger partial charge in [-0.15, -0.1) is 0 Å². The van der Waals surface area contributed by atoms with Crippen LogP contribution in [0, 0.1) is 0 Å². The quantitative estimate of drug-likeness (QED) is 0.577. The number of fused-ring (bicyclic) bond motifs is 1. The number of carbonyl (C=O) groups excluding carboxylic acids is 2. The summed E-state index contributed by atoms with van der Waals surface area (Å²) < 4.78 is 27.1. The smallest absolute Gasteiger partial charge is 0.243 e. The van der Waals surface area contributed by atoms with Crippen molar-refractivity contribution in [3.8, 4) is 0 Å². The van der Waals surface area contributed by atoms with Crippen LogP contribution >= 0.6 is 0 Å². The van der Waals surface area contributed by atoms with Crippen LogP contribution in [0.4, 0.5) is 5.69 Å². The molecule has 0 bridgehead atoms. The van der Waals surface area contributed by atoms with Crippen molar-refractivity contribution in [1.29, 1.82) is 0 Å². The summed E-state index contributed by atoms with van der Waals surface area (Å²) in [6, 6.07) is 4.14. The van der Waals surface area contributed by atoms with Gasteiger partial charge in [-0.25, -0.2) is 8.42 Å². The lowest BCUT2D eigenvalue weighted by molar-refractivity contribution is -0.125. The second kappa shape index (κ2) is 10.1. The van der Waals surface area contributed by atoms with E-state index in [0.717, 1.165) is 26.1 Å². The Bertz CT molecular complexity index is 908. The van der Waals surface area contributed by atoms with E-state index in [1.807, 2.05) is 0 Å².